The van der Waals surface area contributed by atoms with Crippen LogP contribution >= 0.6 is 0 Å². The fraction of sp³-hybridized carbons (Fsp3) is 0.545. The standard InChI is InChI=1S/C11H19N7O/c1-7(19)14-8-2-4-18(5-3-8)10-6-9(17-13)15-11(12)16-10/h6,8H,2-5,13H2,1H3,(H,14,19)(H3,12,15,16,17). The third-order valence-corrected chi connectivity index (χ3v) is 3.10. The predicted octanol–water partition coefficient (Wildman–Crippen LogP) is -0.551. The number of anilines is 3. The first-order valence-corrected chi connectivity index (χ1v) is 6.21. The van der Waals surface area contributed by atoms with E-state index in [0.717, 1.165) is 31.7 Å². The summed E-state index contributed by atoms with van der Waals surface area (Å²) in [5, 5.41) is 2.93. The summed E-state index contributed by atoms with van der Waals surface area (Å²) in [5.41, 5.74) is 8.10. The lowest BCUT2D eigenvalue weighted by atomic mass is 10.1. The van der Waals surface area contributed by atoms with E-state index in [-0.39, 0.29) is 17.9 Å². The molecule has 1 aromatic rings. The molecule has 1 aliphatic rings. The second kappa shape index (κ2) is 5.70. The van der Waals surface area contributed by atoms with Gasteiger partial charge in [-0.2, -0.15) is 9.97 Å². The summed E-state index contributed by atoms with van der Waals surface area (Å²) in [5.74, 6) is 6.78. The molecule has 1 aromatic heterocycles. The van der Waals surface area contributed by atoms with Crippen LogP contribution in [0.15, 0.2) is 6.07 Å². The number of aromatic nitrogens is 2. The maximum Gasteiger partial charge on any atom is 0.223 e. The quantitative estimate of drug-likeness (QED) is 0.427. The lowest BCUT2D eigenvalue weighted by Crippen LogP contribution is -2.44. The van der Waals surface area contributed by atoms with Crippen LogP contribution in [0.25, 0.3) is 0 Å². The van der Waals surface area contributed by atoms with E-state index in [4.69, 9.17) is 11.6 Å². The van der Waals surface area contributed by atoms with Gasteiger partial charge in [-0.15, -0.1) is 0 Å². The highest BCUT2D eigenvalue weighted by molar-refractivity contribution is 5.73. The van der Waals surface area contributed by atoms with Crippen LogP contribution in [0.2, 0.25) is 0 Å². The third kappa shape index (κ3) is 3.44. The number of amides is 1. The maximum absolute atomic E-state index is 11.0. The first-order valence-electron chi connectivity index (χ1n) is 6.21. The Morgan fingerprint density at radius 2 is 2.11 bits per heavy atom. The predicted molar refractivity (Wildman–Crippen MR) is 73.3 cm³/mol. The van der Waals surface area contributed by atoms with E-state index < -0.39 is 0 Å². The number of hydrogen-bond donors (Lipinski definition) is 4. The average Bonchev–Trinajstić information content (AvgIpc) is 2.38. The molecular weight excluding hydrogens is 246 g/mol. The summed E-state index contributed by atoms with van der Waals surface area (Å²) in [6.07, 6.45) is 1.77. The Labute approximate surface area is 111 Å². The van der Waals surface area contributed by atoms with Gasteiger partial charge in [0.15, 0.2) is 0 Å². The molecule has 0 radical (unpaired) electrons. The van der Waals surface area contributed by atoms with Gasteiger partial charge < -0.3 is 21.4 Å². The van der Waals surface area contributed by atoms with Crippen LogP contribution in [0.4, 0.5) is 17.6 Å². The molecule has 8 heteroatoms. The number of nitrogen functional groups attached to an aromatic ring is 2. The minimum absolute atomic E-state index is 0.0133. The molecule has 1 saturated heterocycles. The molecule has 0 aliphatic carbocycles. The summed E-state index contributed by atoms with van der Waals surface area (Å²) in [6, 6.07) is 2.00. The molecule has 8 nitrogen and oxygen atoms in total. The van der Waals surface area contributed by atoms with Crippen molar-refractivity contribution < 1.29 is 4.79 Å². The molecule has 0 saturated carbocycles. The molecule has 2 rings (SSSR count). The van der Waals surface area contributed by atoms with Crippen molar-refractivity contribution in [3.05, 3.63) is 6.07 Å². The van der Waals surface area contributed by atoms with Crippen LogP contribution in [0.3, 0.4) is 0 Å². The first-order chi connectivity index (χ1) is 9.08. The first kappa shape index (κ1) is 13.3. The zero-order valence-electron chi connectivity index (χ0n) is 10.9. The van der Waals surface area contributed by atoms with E-state index in [1.165, 1.54) is 6.92 Å². The minimum Gasteiger partial charge on any atom is -0.368 e. The largest absolute Gasteiger partial charge is 0.368 e. The van der Waals surface area contributed by atoms with Gasteiger partial charge in [-0.3, -0.25) is 4.79 Å². The van der Waals surface area contributed by atoms with Crippen molar-refractivity contribution in [2.24, 2.45) is 5.84 Å². The zero-order chi connectivity index (χ0) is 13.8. The fourth-order valence-electron chi connectivity index (χ4n) is 2.23. The lowest BCUT2D eigenvalue weighted by Gasteiger charge is -2.33. The maximum atomic E-state index is 11.0. The second-order valence-electron chi connectivity index (χ2n) is 4.58. The summed E-state index contributed by atoms with van der Waals surface area (Å²) in [6.45, 7) is 3.16. The fourth-order valence-corrected chi connectivity index (χ4v) is 2.23. The number of nitrogens with zero attached hydrogens (tertiary/aromatic N) is 3. The Balaban J connectivity index is 2.01. The Hall–Kier alpha value is -2.09. The number of rotatable bonds is 3. The molecule has 1 fully saturated rings. The molecule has 2 heterocycles. The topological polar surface area (TPSA) is 122 Å². The molecular formula is C11H19N7O. The van der Waals surface area contributed by atoms with Gasteiger partial charge in [-0.1, -0.05) is 0 Å². The Bertz CT molecular complexity index is 456. The van der Waals surface area contributed by atoms with Gasteiger partial charge in [0.05, 0.1) is 0 Å². The number of piperidine rings is 1. The highest BCUT2D eigenvalue weighted by Gasteiger charge is 2.21. The number of hydrogen-bond acceptors (Lipinski definition) is 7. The Morgan fingerprint density at radius 1 is 1.42 bits per heavy atom. The van der Waals surface area contributed by atoms with Crippen molar-refractivity contribution in [2.75, 3.05) is 29.1 Å². The molecule has 0 unspecified atom stereocenters. The van der Waals surface area contributed by atoms with E-state index in [9.17, 15) is 4.79 Å². The van der Waals surface area contributed by atoms with Crippen LogP contribution in [0.5, 0.6) is 0 Å². The van der Waals surface area contributed by atoms with E-state index in [1.807, 2.05) is 0 Å². The average molecular weight is 265 g/mol. The molecule has 0 spiro atoms. The minimum atomic E-state index is 0.0133. The monoisotopic (exact) mass is 265 g/mol. The van der Waals surface area contributed by atoms with Gasteiger partial charge in [0.25, 0.3) is 0 Å². The van der Waals surface area contributed by atoms with Gasteiger partial charge in [-0.25, -0.2) is 5.84 Å². The molecule has 104 valence electrons. The van der Waals surface area contributed by atoms with Gasteiger partial charge in [0, 0.05) is 32.1 Å². The number of carbonyl (C=O) groups is 1. The van der Waals surface area contributed by atoms with Gasteiger partial charge in [0.2, 0.25) is 11.9 Å². The van der Waals surface area contributed by atoms with Crippen molar-refractivity contribution in [1.29, 1.82) is 0 Å². The zero-order valence-corrected chi connectivity index (χ0v) is 10.9. The van der Waals surface area contributed by atoms with Crippen LogP contribution in [0, 0.1) is 0 Å². The van der Waals surface area contributed by atoms with Crippen LogP contribution in [-0.4, -0.2) is 35.0 Å². The van der Waals surface area contributed by atoms with Crippen molar-refractivity contribution in [3.63, 3.8) is 0 Å². The molecule has 0 atom stereocenters. The molecule has 0 aromatic carbocycles. The van der Waals surface area contributed by atoms with Crippen molar-refractivity contribution in [2.45, 2.75) is 25.8 Å². The lowest BCUT2D eigenvalue weighted by molar-refractivity contribution is -0.119. The summed E-state index contributed by atoms with van der Waals surface area (Å²) in [4.78, 5) is 21.3. The van der Waals surface area contributed by atoms with Gasteiger partial charge in [-0.05, 0) is 12.8 Å². The SMILES string of the molecule is CC(=O)NC1CCN(c2cc(NN)nc(N)n2)CC1. The van der Waals surface area contributed by atoms with E-state index in [1.54, 1.807) is 6.07 Å². The normalized spacial score (nSPS) is 16.2. The highest BCUT2D eigenvalue weighted by Crippen LogP contribution is 2.20. The van der Waals surface area contributed by atoms with Crippen LogP contribution in [-0.2, 0) is 4.79 Å². The second-order valence-corrected chi connectivity index (χ2v) is 4.58. The molecule has 1 amide bonds. The van der Waals surface area contributed by atoms with Crippen LogP contribution in [0.1, 0.15) is 19.8 Å². The van der Waals surface area contributed by atoms with E-state index in [2.05, 4.69) is 25.6 Å². The van der Waals surface area contributed by atoms with E-state index >= 15 is 0 Å². The van der Waals surface area contributed by atoms with Crippen LogP contribution < -0.4 is 27.2 Å². The summed E-state index contributed by atoms with van der Waals surface area (Å²) < 4.78 is 0. The van der Waals surface area contributed by atoms with Gasteiger partial charge >= 0.3 is 0 Å². The molecule has 6 N–H and O–H groups in total. The Kier molecular flexibility index (Phi) is 4.00. The number of carbonyl (C=O) groups excluding carboxylic acids is 1. The number of nitrogens with one attached hydrogen (secondary N) is 2. The van der Waals surface area contributed by atoms with Crippen molar-refractivity contribution in [3.8, 4) is 0 Å². The Morgan fingerprint density at radius 3 is 2.68 bits per heavy atom. The molecule has 0 bridgehead atoms. The van der Waals surface area contributed by atoms with Gasteiger partial charge in [0.1, 0.15) is 11.6 Å². The molecule has 1 aliphatic heterocycles. The summed E-state index contributed by atoms with van der Waals surface area (Å²) >= 11 is 0. The smallest absolute Gasteiger partial charge is 0.223 e. The third-order valence-electron chi connectivity index (χ3n) is 3.10. The number of nitrogens with two attached hydrogens (primary N) is 2. The van der Waals surface area contributed by atoms with E-state index in [0.29, 0.717) is 5.82 Å². The van der Waals surface area contributed by atoms with Crippen molar-refractivity contribution >= 4 is 23.5 Å². The van der Waals surface area contributed by atoms with Crippen molar-refractivity contribution in [1.82, 2.24) is 15.3 Å². The highest BCUT2D eigenvalue weighted by atomic mass is 16.1. The number of hydrazine groups is 1. The molecule has 19 heavy (non-hydrogen) atoms. The summed E-state index contributed by atoms with van der Waals surface area (Å²) in [7, 11) is 0.